The van der Waals surface area contributed by atoms with Gasteiger partial charge in [-0.1, -0.05) is 23.4 Å². The molecule has 4 aromatic rings. The van der Waals surface area contributed by atoms with Crippen molar-refractivity contribution >= 4 is 40.9 Å². The molecule has 0 unspecified atom stereocenters. The lowest BCUT2D eigenvalue weighted by Crippen LogP contribution is -2.22. The molecule has 2 N–H and O–H groups in total. The normalized spacial score (nSPS) is 10.6. The van der Waals surface area contributed by atoms with E-state index in [4.69, 9.17) is 20.8 Å². The van der Waals surface area contributed by atoms with Gasteiger partial charge in [0.25, 0.3) is 5.91 Å². The third-order valence-corrected chi connectivity index (χ3v) is 5.99. The fraction of sp³-hybridized carbons (Fsp3) is 0.125. The van der Waals surface area contributed by atoms with Crippen LogP contribution in [0.25, 0.3) is 5.69 Å². The Morgan fingerprint density at radius 1 is 1.18 bits per heavy atom. The van der Waals surface area contributed by atoms with Crippen molar-refractivity contribution in [1.29, 1.82) is 0 Å². The van der Waals surface area contributed by atoms with E-state index in [2.05, 4.69) is 15.6 Å². The van der Waals surface area contributed by atoms with Crippen molar-refractivity contribution in [2.24, 2.45) is 0 Å². The van der Waals surface area contributed by atoms with E-state index in [0.717, 1.165) is 5.69 Å². The number of benzene rings is 2. The van der Waals surface area contributed by atoms with E-state index in [1.54, 1.807) is 61.1 Å². The summed E-state index contributed by atoms with van der Waals surface area (Å²) in [6.45, 7) is 0.318. The molecule has 0 spiro atoms. The van der Waals surface area contributed by atoms with Crippen LogP contribution in [0.3, 0.4) is 0 Å². The van der Waals surface area contributed by atoms with Crippen LogP contribution in [-0.2, 0) is 11.3 Å². The van der Waals surface area contributed by atoms with Gasteiger partial charge in [-0.15, -0.1) is 0 Å². The molecule has 174 valence electrons. The van der Waals surface area contributed by atoms with E-state index < -0.39 is 0 Å². The third-order valence-electron chi connectivity index (χ3n) is 4.79. The molecule has 0 saturated heterocycles. The Labute approximate surface area is 205 Å². The van der Waals surface area contributed by atoms with Crippen molar-refractivity contribution in [2.45, 2.75) is 11.7 Å². The van der Waals surface area contributed by atoms with Gasteiger partial charge in [-0.25, -0.2) is 4.98 Å². The summed E-state index contributed by atoms with van der Waals surface area (Å²) in [5, 5.41) is 6.76. The first-order valence-corrected chi connectivity index (χ1v) is 11.6. The highest BCUT2D eigenvalue weighted by Crippen LogP contribution is 2.28. The zero-order chi connectivity index (χ0) is 23.9. The van der Waals surface area contributed by atoms with Gasteiger partial charge in [0.05, 0.1) is 31.4 Å². The van der Waals surface area contributed by atoms with Crippen LogP contribution in [0.4, 0.5) is 5.69 Å². The summed E-state index contributed by atoms with van der Waals surface area (Å²) in [6, 6.07) is 15.7. The minimum atomic E-state index is -0.219. The molecule has 0 bridgehead atoms. The second-order valence-electron chi connectivity index (χ2n) is 7.07. The number of halogens is 1. The number of aromatic nitrogens is 2. The van der Waals surface area contributed by atoms with Crippen LogP contribution in [0.15, 0.2) is 82.8 Å². The molecule has 2 aromatic heterocycles. The lowest BCUT2D eigenvalue weighted by atomic mass is 10.2. The van der Waals surface area contributed by atoms with E-state index in [9.17, 15) is 9.59 Å². The van der Waals surface area contributed by atoms with Crippen LogP contribution >= 0.6 is 23.4 Å². The van der Waals surface area contributed by atoms with Crippen LogP contribution in [0.1, 0.15) is 16.1 Å². The summed E-state index contributed by atoms with van der Waals surface area (Å²) in [7, 11) is 1.53. The number of hydrogen-bond acceptors (Lipinski definition) is 6. The monoisotopic (exact) mass is 496 g/mol. The Morgan fingerprint density at radius 3 is 2.74 bits per heavy atom. The van der Waals surface area contributed by atoms with Gasteiger partial charge in [0.1, 0.15) is 11.5 Å². The Kier molecular flexibility index (Phi) is 7.56. The predicted octanol–water partition coefficient (Wildman–Crippen LogP) is 4.79. The van der Waals surface area contributed by atoms with Gasteiger partial charge in [-0.3, -0.25) is 14.2 Å². The molecular formula is C24H21ClN4O4S. The average molecular weight is 497 g/mol. The lowest BCUT2D eigenvalue weighted by molar-refractivity contribution is -0.113. The second kappa shape index (κ2) is 11.0. The van der Waals surface area contributed by atoms with Gasteiger partial charge >= 0.3 is 0 Å². The molecule has 0 saturated carbocycles. The molecule has 2 aromatic carbocycles. The van der Waals surface area contributed by atoms with E-state index in [1.165, 1.54) is 18.9 Å². The first-order valence-electron chi connectivity index (χ1n) is 10.2. The maximum atomic E-state index is 12.5. The molecule has 0 radical (unpaired) electrons. The maximum absolute atomic E-state index is 12.5. The summed E-state index contributed by atoms with van der Waals surface area (Å²) in [4.78, 5) is 29.2. The number of furan rings is 1. The molecule has 10 heteroatoms. The number of carbonyl (C=O) groups is 2. The number of imidazole rings is 1. The highest BCUT2D eigenvalue weighted by Gasteiger charge is 2.13. The van der Waals surface area contributed by atoms with Crippen molar-refractivity contribution in [3.63, 3.8) is 0 Å². The van der Waals surface area contributed by atoms with Gasteiger partial charge in [-0.2, -0.15) is 0 Å². The fourth-order valence-corrected chi connectivity index (χ4v) is 4.09. The number of thioether (sulfide) groups is 1. The number of nitrogens with zero attached hydrogens (tertiary/aromatic N) is 2. The van der Waals surface area contributed by atoms with Crippen molar-refractivity contribution in [2.75, 3.05) is 18.2 Å². The Bertz CT molecular complexity index is 1270. The van der Waals surface area contributed by atoms with Gasteiger partial charge in [0.15, 0.2) is 5.16 Å². The molecule has 0 fully saturated rings. The SMILES string of the molecule is COc1ccc(Cl)cc1NC(=O)CSc1nccn1-c1ccc(C(=O)NCc2ccco2)cc1. The van der Waals surface area contributed by atoms with Gasteiger partial charge < -0.3 is 19.8 Å². The summed E-state index contributed by atoms with van der Waals surface area (Å²) in [5.74, 6) is 0.931. The Balaban J connectivity index is 1.36. The van der Waals surface area contributed by atoms with E-state index in [-0.39, 0.29) is 17.6 Å². The molecule has 0 aliphatic heterocycles. The summed E-state index contributed by atoms with van der Waals surface area (Å²) >= 11 is 7.31. The summed E-state index contributed by atoms with van der Waals surface area (Å²) < 4.78 is 12.3. The zero-order valence-electron chi connectivity index (χ0n) is 18.2. The average Bonchev–Trinajstić information content (AvgIpc) is 3.54. The van der Waals surface area contributed by atoms with Crippen LogP contribution in [0.5, 0.6) is 5.75 Å². The lowest BCUT2D eigenvalue weighted by Gasteiger charge is -2.11. The van der Waals surface area contributed by atoms with Crippen molar-refractivity contribution in [1.82, 2.24) is 14.9 Å². The number of nitrogens with one attached hydrogen (secondary N) is 2. The van der Waals surface area contributed by atoms with Gasteiger partial charge in [-0.05, 0) is 54.6 Å². The topological polar surface area (TPSA) is 98.4 Å². The number of amides is 2. The number of rotatable bonds is 9. The summed E-state index contributed by atoms with van der Waals surface area (Å²) in [6.07, 6.45) is 5.02. The fourth-order valence-electron chi connectivity index (χ4n) is 3.14. The Hall–Kier alpha value is -3.69. The van der Waals surface area contributed by atoms with E-state index in [1.807, 2.05) is 16.7 Å². The molecule has 2 heterocycles. The largest absolute Gasteiger partial charge is 0.495 e. The van der Waals surface area contributed by atoms with E-state index in [0.29, 0.717) is 39.5 Å². The van der Waals surface area contributed by atoms with Crippen LogP contribution in [0.2, 0.25) is 5.02 Å². The van der Waals surface area contributed by atoms with Crippen molar-refractivity contribution in [3.05, 3.63) is 89.6 Å². The standard InChI is InChI=1S/C24H21ClN4O4S/c1-32-21-9-6-17(25)13-20(21)28-22(30)15-34-24-26-10-11-29(24)18-7-4-16(5-8-18)23(31)27-14-19-3-2-12-33-19/h2-13H,14-15H2,1H3,(H,27,31)(H,28,30). The number of methoxy groups -OCH3 is 1. The number of ether oxygens (including phenoxy) is 1. The van der Waals surface area contributed by atoms with Crippen molar-refractivity contribution in [3.8, 4) is 11.4 Å². The molecule has 2 amide bonds. The number of anilines is 1. The minimum absolute atomic E-state index is 0.139. The molecular weight excluding hydrogens is 476 g/mol. The zero-order valence-corrected chi connectivity index (χ0v) is 19.7. The maximum Gasteiger partial charge on any atom is 0.251 e. The highest BCUT2D eigenvalue weighted by molar-refractivity contribution is 7.99. The predicted molar refractivity (Wildman–Crippen MR) is 131 cm³/mol. The molecule has 8 nitrogen and oxygen atoms in total. The van der Waals surface area contributed by atoms with Gasteiger partial charge in [0.2, 0.25) is 5.91 Å². The van der Waals surface area contributed by atoms with Crippen molar-refractivity contribution < 1.29 is 18.7 Å². The van der Waals surface area contributed by atoms with Crippen LogP contribution < -0.4 is 15.4 Å². The van der Waals surface area contributed by atoms with Gasteiger partial charge in [0, 0.05) is 28.7 Å². The minimum Gasteiger partial charge on any atom is -0.495 e. The molecule has 0 aliphatic rings. The summed E-state index contributed by atoms with van der Waals surface area (Å²) in [5.41, 5.74) is 1.85. The first kappa shape index (κ1) is 23.5. The first-order chi connectivity index (χ1) is 16.5. The van der Waals surface area contributed by atoms with Crippen LogP contribution in [0, 0.1) is 0 Å². The quantitative estimate of drug-likeness (QED) is 0.323. The highest BCUT2D eigenvalue weighted by atomic mass is 35.5. The number of hydrogen-bond donors (Lipinski definition) is 2. The number of carbonyl (C=O) groups excluding carboxylic acids is 2. The molecule has 4 rings (SSSR count). The molecule has 0 aliphatic carbocycles. The Morgan fingerprint density at radius 2 is 2.00 bits per heavy atom. The smallest absolute Gasteiger partial charge is 0.251 e. The van der Waals surface area contributed by atoms with E-state index >= 15 is 0 Å². The molecule has 0 atom stereocenters. The van der Waals surface area contributed by atoms with Crippen LogP contribution in [-0.4, -0.2) is 34.2 Å². The molecule has 34 heavy (non-hydrogen) atoms. The third kappa shape index (κ3) is 5.81. The second-order valence-corrected chi connectivity index (χ2v) is 8.45.